The van der Waals surface area contributed by atoms with Crippen molar-refractivity contribution < 1.29 is 22.6 Å². The van der Waals surface area contributed by atoms with Crippen LogP contribution < -0.4 is 4.72 Å². The lowest BCUT2D eigenvalue weighted by Crippen LogP contribution is -2.28. The first kappa shape index (κ1) is 20.9. The van der Waals surface area contributed by atoms with E-state index in [4.69, 9.17) is 4.63 Å². The number of halogens is 2. The molecule has 0 aliphatic heterocycles. The van der Waals surface area contributed by atoms with Crippen LogP contribution in [0, 0.1) is 11.2 Å². The van der Waals surface area contributed by atoms with E-state index >= 15 is 0 Å². The predicted octanol–water partition coefficient (Wildman–Crippen LogP) is 2.65. The Morgan fingerprint density at radius 3 is 2.79 bits per heavy atom. The van der Waals surface area contributed by atoms with Crippen LogP contribution in [-0.2, 0) is 22.9 Å². The van der Waals surface area contributed by atoms with Gasteiger partial charge in [0.2, 0.25) is 10.0 Å². The van der Waals surface area contributed by atoms with Crippen LogP contribution >= 0.6 is 15.9 Å². The van der Waals surface area contributed by atoms with Gasteiger partial charge in [-0.25, -0.2) is 22.2 Å². The van der Waals surface area contributed by atoms with Crippen LogP contribution in [0.1, 0.15) is 36.2 Å². The molecule has 0 spiro atoms. The Bertz CT molecular complexity index is 989. The number of aryl methyl sites for hydroxylation is 1. The van der Waals surface area contributed by atoms with Gasteiger partial charge in [0, 0.05) is 6.42 Å². The minimum atomic E-state index is -3.29. The van der Waals surface area contributed by atoms with Crippen molar-refractivity contribution in [2.45, 2.75) is 32.1 Å². The third-order valence-electron chi connectivity index (χ3n) is 4.96. The van der Waals surface area contributed by atoms with Crippen molar-refractivity contribution in [3.05, 3.63) is 45.4 Å². The molecule has 1 saturated carbocycles. The van der Waals surface area contributed by atoms with Gasteiger partial charge in [-0.2, -0.15) is 0 Å². The van der Waals surface area contributed by atoms with Crippen LogP contribution in [-0.4, -0.2) is 42.5 Å². The number of aromatic nitrogens is 2. The Morgan fingerprint density at radius 2 is 2.18 bits per heavy atom. The SMILES string of the molecule is CNS(=O)(=O)CC1(CCc2nonc2/C(Cc2ccc(F)c(Br)c2)=N/O)CC1. The minimum absolute atomic E-state index is 0.0711. The van der Waals surface area contributed by atoms with E-state index in [0.717, 1.165) is 12.8 Å². The molecule has 0 saturated heterocycles. The van der Waals surface area contributed by atoms with Crippen molar-refractivity contribution in [1.29, 1.82) is 0 Å². The number of sulfonamides is 1. The molecule has 1 fully saturated rings. The smallest absolute Gasteiger partial charge is 0.211 e. The van der Waals surface area contributed by atoms with Gasteiger partial charge >= 0.3 is 0 Å². The largest absolute Gasteiger partial charge is 0.411 e. The van der Waals surface area contributed by atoms with Crippen LogP contribution in [0.25, 0.3) is 0 Å². The quantitative estimate of drug-likeness (QED) is 0.327. The maximum absolute atomic E-state index is 13.4. The van der Waals surface area contributed by atoms with Crippen LogP contribution in [0.4, 0.5) is 4.39 Å². The summed E-state index contributed by atoms with van der Waals surface area (Å²) in [6.45, 7) is 0. The van der Waals surface area contributed by atoms with Crippen molar-refractivity contribution in [2.75, 3.05) is 12.8 Å². The fourth-order valence-electron chi connectivity index (χ4n) is 3.10. The average Bonchev–Trinajstić information content (AvgIpc) is 3.25. The first-order valence-corrected chi connectivity index (χ1v) is 11.1. The third-order valence-corrected chi connectivity index (χ3v) is 7.18. The molecule has 0 amide bonds. The molecule has 0 bridgehead atoms. The molecule has 28 heavy (non-hydrogen) atoms. The van der Waals surface area contributed by atoms with E-state index in [2.05, 4.69) is 36.1 Å². The number of hydrogen-bond donors (Lipinski definition) is 2. The molecule has 8 nitrogen and oxygen atoms in total. The summed E-state index contributed by atoms with van der Waals surface area (Å²) in [6, 6.07) is 4.49. The van der Waals surface area contributed by atoms with E-state index in [1.165, 1.54) is 13.1 Å². The monoisotopic (exact) mass is 474 g/mol. The van der Waals surface area contributed by atoms with E-state index in [1.54, 1.807) is 12.1 Å². The topological polar surface area (TPSA) is 118 Å². The van der Waals surface area contributed by atoms with Crippen molar-refractivity contribution >= 4 is 31.7 Å². The van der Waals surface area contributed by atoms with Gasteiger partial charge in [0.05, 0.1) is 10.2 Å². The molecule has 0 atom stereocenters. The molecule has 1 aromatic heterocycles. The average molecular weight is 475 g/mol. The van der Waals surface area contributed by atoms with E-state index in [-0.39, 0.29) is 29.1 Å². The summed E-state index contributed by atoms with van der Waals surface area (Å²) < 4.78 is 44.6. The molecule has 11 heteroatoms. The molecule has 1 aromatic carbocycles. The molecular weight excluding hydrogens is 455 g/mol. The Balaban J connectivity index is 1.71. The Hall–Kier alpha value is -1.85. The Labute approximate surface area is 170 Å². The van der Waals surface area contributed by atoms with Gasteiger partial charge in [0.25, 0.3) is 0 Å². The number of nitrogens with one attached hydrogen (secondary N) is 1. The van der Waals surface area contributed by atoms with Crippen LogP contribution in [0.5, 0.6) is 0 Å². The van der Waals surface area contributed by atoms with Crippen molar-refractivity contribution in [1.82, 2.24) is 15.0 Å². The molecular formula is C17H20BrFN4O4S. The highest BCUT2D eigenvalue weighted by atomic mass is 79.9. The summed E-state index contributed by atoms with van der Waals surface area (Å²) in [5.41, 5.74) is 1.50. The molecule has 152 valence electrons. The second-order valence-electron chi connectivity index (χ2n) is 6.99. The molecule has 0 unspecified atom stereocenters. The number of benzene rings is 1. The summed E-state index contributed by atoms with van der Waals surface area (Å²) in [7, 11) is -1.89. The van der Waals surface area contributed by atoms with E-state index in [0.29, 0.717) is 34.3 Å². The van der Waals surface area contributed by atoms with Gasteiger partial charge in [0.1, 0.15) is 17.2 Å². The van der Waals surface area contributed by atoms with Crippen LogP contribution in [0.3, 0.4) is 0 Å². The lowest BCUT2D eigenvalue weighted by atomic mass is 9.98. The van der Waals surface area contributed by atoms with Gasteiger partial charge < -0.3 is 5.21 Å². The lowest BCUT2D eigenvalue weighted by Gasteiger charge is -2.14. The Kier molecular flexibility index (Phi) is 6.15. The standard InChI is InChI=1S/C17H20BrFN4O4S/c1-20-28(25,26)10-17(6-7-17)5-4-14-16(23-27-22-14)15(21-24)9-11-2-3-13(19)12(18)8-11/h2-3,8,20,24H,4-7,9-10H2,1H3/b21-15+. The van der Waals surface area contributed by atoms with Crippen LogP contribution in [0.15, 0.2) is 32.5 Å². The van der Waals surface area contributed by atoms with Crippen molar-refractivity contribution in [2.24, 2.45) is 10.6 Å². The summed E-state index contributed by atoms with van der Waals surface area (Å²) >= 11 is 3.13. The zero-order chi connectivity index (χ0) is 20.4. The van der Waals surface area contributed by atoms with Crippen molar-refractivity contribution in [3.63, 3.8) is 0 Å². The fourth-order valence-corrected chi connectivity index (χ4v) is 4.91. The summed E-state index contributed by atoms with van der Waals surface area (Å²) in [5, 5.41) is 20.5. The second kappa shape index (κ2) is 8.26. The van der Waals surface area contributed by atoms with Crippen LogP contribution in [0.2, 0.25) is 0 Å². The van der Waals surface area contributed by atoms with E-state index < -0.39 is 10.0 Å². The minimum Gasteiger partial charge on any atom is -0.411 e. The van der Waals surface area contributed by atoms with Crippen molar-refractivity contribution in [3.8, 4) is 0 Å². The first-order chi connectivity index (χ1) is 13.3. The molecule has 2 N–H and O–H groups in total. The number of oxime groups is 1. The number of rotatable bonds is 9. The van der Waals surface area contributed by atoms with Gasteiger partial charge in [-0.15, -0.1) is 0 Å². The van der Waals surface area contributed by atoms with Gasteiger partial charge in [-0.3, -0.25) is 0 Å². The van der Waals surface area contributed by atoms with Gasteiger partial charge in [-0.05, 0) is 76.9 Å². The predicted molar refractivity (Wildman–Crippen MR) is 103 cm³/mol. The zero-order valence-corrected chi connectivity index (χ0v) is 17.6. The molecule has 1 heterocycles. The number of hydrogen-bond acceptors (Lipinski definition) is 7. The Morgan fingerprint density at radius 1 is 1.43 bits per heavy atom. The summed E-state index contributed by atoms with van der Waals surface area (Å²) in [5.74, 6) is -0.317. The highest BCUT2D eigenvalue weighted by molar-refractivity contribution is 9.10. The molecule has 0 radical (unpaired) electrons. The lowest BCUT2D eigenvalue weighted by molar-refractivity contribution is 0.299. The molecule has 2 aromatic rings. The maximum Gasteiger partial charge on any atom is 0.211 e. The highest BCUT2D eigenvalue weighted by Crippen LogP contribution is 2.50. The first-order valence-electron chi connectivity index (χ1n) is 8.65. The van der Waals surface area contributed by atoms with E-state index in [9.17, 15) is 18.0 Å². The normalized spacial score (nSPS) is 16.3. The third kappa shape index (κ3) is 4.95. The summed E-state index contributed by atoms with van der Waals surface area (Å²) in [4.78, 5) is 0. The molecule has 1 aliphatic rings. The molecule has 1 aliphatic carbocycles. The van der Waals surface area contributed by atoms with E-state index in [1.807, 2.05) is 0 Å². The fraction of sp³-hybridized carbons (Fsp3) is 0.471. The maximum atomic E-state index is 13.4. The molecule has 3 rings (SSSR count). The number of nitrogens with zero attached hydrogens (tertiary/aromatic N) is 3. The zero-order valence-electron chi connectivity index (χ0n) is 15.2. The second-order valence-corrected chi connectivity index (χ2v) is 9.78. The highest BCUT2D eigenvalue weighted by Gasteiger charge is 2.45. The van der Waals surface area contributed by atoms with Gasteiger partial charge in [-0.1, -0.05) is 16.4 Å². The summed E-state index contributed by atoms with van der Waals surface area (Å²) in [6.07, 6.45) is 2.92. The van der Waals surface area contributed by atoms with Gasteiger partial charge in [0.15, 0.2) is 5.69 Å².